The zero-order valence-corrected chi connectivity index (χ0v) is 16.0. The topological polar surface area (TPSA) is 84.3 Å². The molecule has 3 aliphatic rings. The first-order chi connectivity index (χ1) is 14.1. The van der Waals surface area contributed by atoms with Crippen molar-refractivity contribution in [2.24, 2.45) is 11.8 Å². The third kappa shape index (κ3) is 2.97. The number of carbonyl (C=O) groups excluding carboxylic acids is 3. The number of anilines is 1. The highest BCUT2D eigenvalue weighted by Gasteiger charge is 2.47. The Bertz CT molecular complexity index is 998. The monoisotopic (exact) mass is 390 g/mol. The average molecular weight is 390 g/mol. The van der Waals surface area contributed by atoms with Crippen molar-refractivity contribution in [2.75, 3.05) is 11.9 Å². The van der Waals surface area contributed by atoms with Crippen LogP contribution in [0.3, 0.4) is 0 Å². The Labute approximate surface area is 168 Å². The van der Waals surface area contributed by atoms with Crippen molar-refractivity contribution in [3.63, 3.8) is 0 Å². The van der Waals surface area contributed by atoms with Gasteiger partial charge in [0.25, 0.3) is 0 Å². The van der Waals surface area contributed by atoms with E-state index in [-0.39, 0.29) is 36.1 Å². The fourth-order valence-electron chi connectivity index (χ4n) is 4.62. The molecule has 3 amide bonds. The lowest BCUT2D eigenvalue weighted by Crippen LogP contribution is -2.38. The number of nitrogens with one attached hydrogen (secondary N) is 1. The lowest BCUT2D eigenvalue weighted by Gasteiger charge is -2.16. The Hall–Kier alpha value is -3.22. The van der Waals surface area contributed by atoms with E-state index < -0.39 is 0 Å². The van der Waals surface area contributed by atoms with Gasteiger partial charge in [-0.25, -0.2) is 4.68 Å². The van der Waals surface area contributed by atoms with Crippen LogP contribution in [0.2, 0.25) is 0 Å². The van der Waals surface area contributed by atoms with Gasteiger partial charge in [0.2, 0.25) is 17.7 Å². The minimum absolute atomic E-state index is 0.235. The van der Waals surface area contributed by atoms with Crippen molar-refractivity contribution in [3.8, 4) is 5.69 Å². The highest BCUT2D eigenvalue weighted by atomic mass is 16.2. The first-order valence-corrected chi connectivity index (χ1v) is 10.1. The van der Waals surface area contributed by atoms with Crippen molar-refractivity contribution < 1.29 is 14.4 Å². The summed E-state index contributed by atoms with van der Waals surface area (Å²) in [7, 11) is 0. The lowest BCUT2D eigenvalue weighted by atomic mass is 9.85. The number of hydrogen-bond acceptors (Lipinski definition) is 4. The number of likely N-dealkylation sites (tertiary alicyclic amines) is 1. The largest absolute Gasteiger partial charge is 0.309 e. The number of carbonyl (C=O) groups is 3. The van der Waals surface area contributed by atoms with Crippen LogP contribution in [0.25, 0.3) is 5.69 Å². The maximum Gasteiger partial charge on any atom is 0.245 e. The zero-order valence-electron chi connectivity index (χ0n) is 16.0. The Morgan fingerprint density at radius 2 is 1.72 bits per heavy atom. The number of aryl methyl sites for hydroxylation is 1. The molecule has 1 aromatic heterocycles. The fourth-order valence-corrected chi connectivity index (χ4v) is 4.62. The number of aromatic nitrogens is 2. The van der Waals surface area contributed by atoms with Crippen molar-refractivity contribution in [2.45, 2.75) is 32.1 Å². The van der Waals surface area contributed by atoms with E-state index in [1.54, 1.807) is 4.68 Å². The number of benzene rings is 1. The molecule has 5 rings (SSSR count). The molecule has 2 aliphatic carbocycles. The molecule has 1 N–H and O–H groups in total. The highest BCUT2D eigenvalue weighted by molar-refractivity contribution is 6.08. The molecule has 2 aromatic rings. The third-order valence-electron chi connectivity index (χ3n) is 6.07. The molecule has 2 heterocycles. The van der Waals surface area contributed by atoms with Crippen molar-refractivity contribution in [1.82, 2.24) is 14.7 Å². The van der Waals surface area contributed by atoms with E-state index in [4.69, 9.17) is 0 Å². The van der Waals surface area contributed by atoms with E-state index in [0.717, 1.165) is 41.1 Å². The summed E-state index contributed by atoms with van der Waals surface area (Å²) in [5.74, 6) is -0.835. The van der Waals surface area contributed by atoms with Gasteiger partial charge in [-0.05, 0) is 44.2 Å². The van der Waals surface area contributed by atoms with E-state index in [1.165, 1.54) is 0 Å². The zero-order chi connectivity index (χ0) is 20.0. The van der Waals surface area contributed by atoms with Gasteiger partial charge in [0.15, 0.2) is 0 Å². The lowest BCUT2D eigenvalue weighted by molar-refractivity contribution is -0.142. The van der Waals surface area contributed by atoms with Gasteiger partial charge < -0.3 is 5.32 Å². The third-order valence-corrected chi connectivity index (χ3v) is 6.07. The number of allylic oxidation sites excluding steroid dienone is 2. The SMILES string of the molecule is O=C(CN1C(=O)[C@H]2CC=CC[C@@H]2C1=O)Nc1c2c(nn1-c1ccccc1)CCC2. The molecule has 0 saturated carbocycles. The number of nitrogens with zero attached hydrogens (tertiary/aromatic N) is 3. The smallest absolute Gasteiger partial charge is 0.245 e. The maximum atomic E-state index is 12.8. The Morgan fingerprint density at radius 3 is 2.41 bits per heavy atom. The first kappa shape index (κ1) is 17.8. The molecule has 0 unspecified atom stereocenters. The molecule has 0 spiro atoms. The van der Waals surface area contributed by atoms with Crippen LogP contribution < -0.4 is 5.32 Å². The van der Waals surface area contributed by atoms with Crippen LogP contribution in [0.15, 0.2) is 42.5 Å². The Kier molecular flexibility index (Phi) is 4.30. The molecule has 1 fully saturated rings. The molecule has 1 aromatic carbocycles. The maximum absolute atomic E-state index is 12.8. The summed E-state index contributed by atoms with van der Waals surface area (Å²) in [5, 5.41) is 7.62. The average Bonchev–Trinajstić information content (AvgIpc) is 3.40. The minimum Gasteiger partial charge on any atom is -0.309 e. The van der Waals surface area contributed by atoms with E-state index in [9.17, 15) is 14.4 Å². The second-order valence-electron chi connectivity index (χ2n) is 7.84. The van der Waals surface area contributed by atoms with Gasteiger partial charge in [0.05, 0.1) is 23.2 Å². The molecular formula is C22H22N4O3. The summed E-state index contributed by atoms with van der Waals surface area (Å²) < 4.78 is 1.75. The van der Waals surface area contributed by atoms with E-state index in [0.29, 0.717) is 18.7 Å². The Balaban J connectivity index is 1.38. The predicted octanol–water partition coefficient (Wildman–Crippen LogP) is 2.25. The summed E-state index contributed by atoms with van der Waals surface area (Å²) in [5.41, 5.74) is 2.90. The van der Waals surface area contributed by atoms with Crippen LogP contribution in [0.5, 0.6) is 0 Å². The van der Waals surface area contributed by atoms with Crippen molar-refractivity contribution in [3.05, 3.63) is 53.7 Å². The van der Waals surface area contributed by atoms with Crippen LogP contribution in [-0.2, 0) is 27.2 Å². The van der Waals surface area contributed by atoms with Gasteiger partial charge in [-0.3, -0.25) is 19.3 Å². The minimum atomic E-state index is -0.370. The summed E-state index contributed by atoms with van der Waals surface area (Å²) in [6, 6.07) is 9.64. The molecule has 1 aliphatic heterocycles. The molecule has 29 heavy (non-hydrogen) atoms. The number of hydrogen-bond donors (Lipinski definition) is 1. The van der Waals surface area contributed by atoms with Gasteiger partial charge >= 0.3 is 0 Å². The molecule has 7 nitrogen and oxygen atoms in total. The summed E-state index contributed by atoms with van der Waals surface area (Å²) in [6.45, 7) is -0.251. The Morgan fingerprint density at radius 1 is 1.03 bits per heavy atom. The van der Waals surface area contributed by atoms with Crippen LogP contribution in [0.4, 0.5) is 5.82 Å². The fraction of sp³-hybridized carbons (Fsp3) is 0.364. The number of para-hydroxylation sites is 1. The number of rotatable bonds is 4. The normalized spacial score (nSPS) is 22.7. The van der Waals surface area contributed by atoms with Gasteiger partial charge in [-0.1, -0.05) is 30.4 Å². The molecule has 148 valence electrons. The summed E-state index contributed by atoms with van der Waals surface area (Å²) >= 11 is 0. The molecule has 2 atom stereocenters. The summed E-state index contributed by atoms with van der Waals surface area (Å²) in [4.78, 5) is 39.2. The highest BCUT2D eigenvalue weighted by Crippen LogP contribution is 2.35. The van der Waals surface area contributed by atoms with Gasteiger partial charge in [0, 0.05) is 5.56 Å². The number of amides is 3. The van der Waals surface area contributed by atoms with Gasteiger partial charge in [-0.15, -0.1) is 0 Å². The molecule has 1 saturated heterocycles. The van der Waals surface area contributed by atoms with Crippen LogP contribution in [0.1, 0.15) is 30.5 Å². The van der Waals surface area contributed by atoms with E-state index >= 15 is 0 Å². The number of fused-ring (bicyclic) bond motifs is 2. The summed E-state index contributed by atoms with van der Waals surface area (Å²) in [6.07, 6.45) is 7.78. The van der Waals surface area contributed by atoms with E-state index in [1.807, 2.05) is 42.5 Å². The standard InChI is InChI=1S/C22H22N4O3/c27-19(13-25-21(28)15-9-4-5-10-16(15)22(25)29)23-20-17-11-6-12-18(17)24-26(20)14-7-2-1-3-8-14/h1-5,7-8,15-16H,6,9-13H2,(H,23,27)/t15-,16-/m0/s1. The second-order valence-corrected chi connectivity index (χ2v) is 7.84. The van der Waals surface area contributed by atoms with Crippen molar-refractivity contribution >= 4 is 23.5 Å². The van der Waals surface area contributed by atoms with Crippen molar-refractivity contribution in [1.29, 1.82) is 0 Å². The van der Waals surface area contributed by atoms with Gasteiger partial charge in [-0.2, -0.15) is 5.10 Å². The second kappa shape index (κ2) is 6.99. The quantitative estimate of drug-likeness (QED) is 0.641. The van der Waals surface area contributed by atoms with Crippen LogP contribution in [-0.4, -0.2) is 38.9 Å². The predicted molar refractivity (Wildman–Crippen MR) is 106 cm³/mol. The first-order valence-electron chi connectivity index (χ1n) is 10.1. The van der Waals surface area contributed by atoms with Gasteiger partial charge in [0.1, 0.15) is 12.4 Å². The molecule has 0 bridgehead atoms. The van der Waals surface area contributed by atoms with E-state index in [2.05, 4.69) is 10.4 Å². The molecule has 0 radical (unpaired) electrons. The van der Waals surface area contributed by atoms with Crippen LogP contribution in [0, 0.1) is 11.8 Å². The molecular weight excluding hydrogens is 368 g/mol. The van der Waals surface area contributed by atoms with Crippen LogP contribution >= 0.6 is 0 Å². The molecule has 7 heteroatoms. The number of imide groups is 1.